The first-order chi connectivity index (χ1) is 23.4. The lowest BCUT2D eigenvalue weighted by Gasteiger charge is -2.11. The molecule has 0 saturated heterocycles. The third kappa shape index (κ3) is 4.88. The number of thiophene rings is 1. The van der Waals surface area contributed by atoms with Crippen LogP contribution in [0.3, 0.4) is 0 Å². The van der Waals surface area contributed by atoms with Crippen LogP contribution in [0.5, 0.6) is 0 Å². The highest BCUT2D eigenvalue weighted by Crippen LogP contribution is 2.61. The van der Waals surface area contributed by atoms with Crippen molar-refractivity contribution in [1.82, 2.24) is 0 Å². The van der Waals surface area contributed by atoms with Gasteiger partial charge in [-0.25, -0.2) is 0 Å². The fraction of sp³-hybridized carbons (Fsp3) is 0.0526. The average molecular weight is 673 g/mol. The Balaban J connectivity index is 1.48. The summed E-state index contributed by atoms with van der Waals surface area (Å²) in [6, 6.07) is 27.2. The van der Waals surface area contributed by atoms with Crippen LogP contribution in [0.2, 0.25) is 0 Å². The van der Waals surface area contributed by atoms with Gasteiger partial charge in [0.05, 0.1) is 11.1 Å². The molecule has 11 heteroatoms. The molecular weight excluding hydrogens is 659 g/mol. The Labute approximate surface area is 278 Å². The largest absolute Gasteiger partial charge is 0.416 e. The maximum atomic E-state index is 13.5. The number of hydrogen-bond acceptors (Lipinski definition) is 5. The molecule has 7 rings (SSSR count). The second kappa shape index (κ2) is 11.1. The Morgan fingerprint density at radius 2 is 0.837 bits per heavy atom. The van der Waals surface area contributed by atoms with E-state index in [1.54, 1.807) is 36.4 Å². The second-order valence-corrected chi connectivity index (χ2v) is 12.2. The van der Waals surface area contributed by atoms with Crippen molar-refractivity contribution in [3.05, 3.63) is 128 Å². The van der Waals surface area contributed by atoms with Gasteiger partial charge < -0.3 is 0 Å². The quantitative estimate of drug-likeness (QED) is 0.135. The minimum atomic E-state index is -4.57. The Hall–Kier alpha value is -6.40. The van der Waals surface area contributed by atoms with Gasteiger partial charge >= 0.3 is 12.4 Å². The van der Waals surface area contributed by atoms with Gasteiger partial charge in [-0.3, -0.25) is 0 Å². The molecular formula is C38H14F6N4S. The number of fused-ring (bicyclic) bond motifs is 7. The molecule has 0 saturated carbocycles. The van der Waals surface area contributed by atoms with E-state index in [1.807, 2.05) is 24.3 Å². The highest BCUT2D eigenvalue weighted by Gasteiger charge is 2.40. The van der Waals surface area contributed by atoms with E-state index in [1.165, 1.54) is 24.3 Å². The van der Waals surface area contributed by atoms with E-state index in [9.17, 15) is 47.4 Å². The van der Waals surface area contributed by atoms with Gasteiger partial charge in [0.1, 0.15) is 35.4 Å². The van der Waals surface area contributed by atoms with Crippen molar-refractivity contribution in [2.24, 2.45) is 0 Å². The summed E-state index contributed by atoms with van der Waals surface area (Å²) in [4.78, 5) is 1.03. The number of alkyl halides is 6. The van der Waals surface area contributed by atoms with Crippen molar-refractivity contribution >= 4 is 22.5 Å². The predicted octanol–water partition coefficient (Wildman–Crippen LogP) is 10.8. The molecule has 2 aliphatic rings. The van der Waals surface area contributed by atoms with E-state index in [0.29, 0.717) is 54.3 Å². The third-order valence-electron chi connectivity index (χ3n) is 8.47. The third-order valence-corrected chi connectivity index (χ3v) is 9.70. The van der Waals surface area contributed by atoms with Crippen LogP contribution in [-0.4, -0.2) is 0 Å². The summed E-state index contributed by atoms with van der Waals surface area (Å²) < 4.78 is 81.0. The summed E-state index contributed by atoms with van der Waals surface area (Å²) in [5.41, 5.74) is 3.14. The number of rotatable bonds is 2. The SMILES string of the molecule is N#CC(C#N)=C1c2cc(-c3cccc(C(F)(F)F)c3)ccc2-c2c1sc1c2-c2ccc(-c3cccc(C(F)(F)F)c3)cc2C1=C(C#N)C#N. The summed E-state index contributed by atoms with van der Waals surface area (Å²) in [5.74, 6) is 0. The maximum absolute atomic E-state index is 13.5. The van der Waals surface area contributed by atoms with E-state index in [4.69, 9.17) is 0 Å². The number of hydrogen-bond donors (Lipinski definition) is 0. The summed E-state index contributed by atoms with van der Waals surface area (Å²) in [5, 5.41) is 39.9. The highest BCUT2D eigenvalue weighted by molar-refractivity contribution is 7.16. The van der Waals surface area contributed by atoms with Gasteiger partial charge in [-0.05, 0) is 80.9 Å². The zero-order valence-corrected chi connectivity index (χ0v) is 25.4. The van der Waals surface area contributed by atoms with Gasteiger partial charge in [0, 0.05) is 32.0 Å². The van der Waals surface area contributed by atoms with Crippen molar-refractivity contribution in [3.8, 4) is 68.8 Å². The van der Waals surface area contributed by atoms with Crippen LogP contribution in [0, 0.1) is 45.3 Å². The van der Waals surface area contributed by atoms with Crippen molar-refractivity contribution in [2.45, 2.75) is 12.4 Å². The molecule has 0 bridgehead atoms. The Morgan fingerprint density at radius 3 is 1.18 bits per heavy atom. The molecule has 5 aromatic rings. The summed E-state index contributed by atoms with van der Waals surface area (Å²) in [6.45, 7) is 0. The number of allylic oxidation sites excluding steroid dienone is 2. The van der Waals surface area contributed by atoms with Gasteiger partial charge in [0.15, 0.2) is 0 Å². The minimum Gasteiger partial charge on any atom is -0.192 e. The van der Waals surface area contributed by atoms with Crippen LogP contribution in [0.15, 0.2) is 96.1 Å². The van der Waals surface area contributed by atoms with E-state index >= 15 is 0 Å². The molecule has 0 amide bonds. The van der Waals surface area contributed by atoms with Gasteiger partial charge in [-0.1, -0.05) is 48.5 Å². The Morgan fingerprint density at radius 1 is 0.469 bits per heavy atom. The fourth-order valence-electron chi connectivity index (χ4n) is 6.36. The Bertz CT molecular complexity index is 2320. The number of benzene rings is 4. The van der Waals surface area contributed by atoms with Crippen molar-refractivity contribution in [2.75, 3.05) is 0 Å². The molecule has 0 unspecified atom stereocenters. The first-order valence-corrected chi connectivity index (χ1v) is 15.1. The zero-order chi connectivity index (χ0) is 34.8. The van der Waals surface area contributed by atoms with Crippen molar-refractivity contribution < 1.29 is 26.3 Å². The maximum Gasteiger partial charge on any atom is 0.416 e. The van der Waals surface area contributed by atoms with Gasteiger partial charge in [-0.15, -0.1) is 11.3 Å². The molecule has 1 heterocycles. The molecule has 4 nitrogen and oxygen atoms in total. The fourth-order valence-corrected chi connectivity index (χ4v) is 7.82. The second-order valence-electron chi connectivity index (χ2n) is 11.1. The van der Waals surface area contributed by atoms with Crippen LogP contribution in [0.4, 0.5) is 26.3 Å². The van der Waals surface area contributed by atoms with E-state index in [-0.39, 0.29) is 33.4 Å². The van der Waals surface area contributed by atoms with Crippen LogP contribution < -0.4 is 0 Å². The average Bonchev–Trinajstić information content (AvgIpc) is 3.71. The van der Waals surface area contributed by atoms with Crippen LogP contribution in [0.25, 0.3) is 55.7 Å². The summed E-state index contributed by atoms with van der Waals surface area (Å²) in [7, 11) is 0. The standard InChI is InChI=1S/C38H14F6N4S/c39-37(40,41)25-5-1-3-19(11-25)21-7-9-27-29(13-21)31(23(15-45)16-46)35-33(27)34-28-10-8-22(20-4-2-6-26(12-20)38(42,43)44)14-30(28)32(36(34)49-35)24(17-47)18-48/h1-14H. The lowest BCUT2D eigenvalue weighted by atomic mass is 9.93. The Kier molecular flexibility index (Phi) is 7.07. The first kappa shape index (κ1) is 31.2. The van der Waals surface area contributed by atoms with Gasteiger partial charge in [0.25, 0.3) is 0 Å². The van der Waals surface area contributed by atoms with Crippen LogP contribution in [-0.2, 0) is 12.4 Å². The smallest absolute Gasteiger partial charge is 0.192 e. The highest BCUT2D eigenvalue weighted by atomic mass is 32.1. The van der Waals surface area contributed by atoms with E-state index in [2.05, 4.69) is 0 Å². The molecule has 49 heavy (non-hydrogen) atoms. The van der Waals surface area contributed by atoms with Gasteiger partial charge in [0.2, 0.25) is 0 Å². The molecule has 0 N–H and O–H groups in total. The monoisotopic (exact) mass is 672 g/mol. The minimum absolute atomic E-state index is 0.229. The summed E-state index contributed by atoms with van der Waals surface area (Å²) in [6.07, 6.45) is -9.13. The van der Waals surface area contributed by atoms with Crippen LogP contribution >= 0.6 is 11.3 Å². The molecule has 0 fully saturated rings. The molecule has 0 radical (unpaired) electrons. The molecule has 234 valence electrons. The molecule has 2 aliphatic carbocycles. The van der Waals surface area contributed by atoms with Gasteiger partial charge in [-0.2, -0.15) is 47.4 Å². The first-order valence-electron chi connectivity index (χ1n) is 14.3. The molecule has 0 spiro atoms. The van der Waals surface area contributed by atoms with Crippen LogP contribution in [0.1, 0.15) is 32.0 Å². The molecule has 4 aromatic carbocycles. The lowest BCUT2D eigenvalue weighted by Crippen LogP contribution is -2.04. The topological polar surface area (TPSA) is 95.2 Å². The summed E-state index contributed by atoms with van der Waals surface area (Å²) >= 11 is 1.16. The molecule has 0 aliphatic heterocycles. The zero-order valence-electron chi connectivity index (χ0n) is 24.5. The molecule has 0 atom stereocenters. The number of nitrogens with zero attached hydrogens (tertiary/aromatic N) is 4. The van der Waals surface area contributed by atoms with E-state index in [0.717, 1.165) is 35.6 Å². The molecule has 1 aromatic heterocycles. The van der Waals surface area contributed by atoms with Crippen molar-refractivity contribution in [3.63, 3.8) is 0 Å². The predicted molar refractivity (Wildman–Crippen MR) is 171 cm³/mol. The normalized spacial score (nSPS) is 12.5. The lowest BCUT2D eigenvalue weighted by molar-refractivity contribution is -0.138. The van der Waals surface area contributed by atoms with Crippen molar-refractivity contribution in [1.29, 1.82) is 21.0 Å². The number of halogens is 6. The number of nitriles is 4. The van der Waals surface area contributed by atoms with E-state index < -0.39 is 23.5 Å².